The minimum atomic E-state index is -4.50. The van der Waals surface area contributed by atoms with Gasteiger partial charge in [-0.1, -0.05) is 42.5 Å². The van der Waals surface area contributed by atoms with Gasteiger partial charge in [0.1, 0.15) is 22.2 Å². The molecular weight excluding hydrogens is 455 g/mol. The summed E-state index contributed by atoms with van der Waals surface area (Å²) in [5, 5.41) is 5.88. The Morgan fingerprint density at radius 1 is 0.844 bits per heavy atom. The maximum Gasteiger partial charge on any atom is 0.255 e. The predicted octanol–water partition coefficient (Wildman–Crippen LogP) is 4.25. The van der Waals surface area contributed by atoms with E-state index in [9.17, 15) is 21.2 Å². The van der Waals surface area contributed by atoms with Gasteiger partial charge in [0.15, 0.2) is 0 Å². The quantitative estimate of drug-likeness (QED) is 0.435. The molecule has 7 nitrogen and oxygen atoms in total. The molecule has 2 aliphatic rings. The molecule has 0 bridgehead atoms. The van der Waals surface area contributed by atoms with Crippen molar-refractivity contribution in [3.05, 3.63) is 89.6 Å². The van der Waals surface area contributed by atoms with E-state index in [2.05, 4.69) is 0 Å². The molecule has 0 aromatic heterocycles. The Morgan fingerprint density at radius 3 is 2.38 bits per heavy atom. The van der Waals surface area contributed by atoms with Crippen LogP contribution >= 0.6 is 0 Å². The van der Waals surface area contributed by atoms with E-state index in [1.165, 1.54) is 12.1 Å². The number of fused-ring (bicyclic) bond motifs is 1. The lowest BCUT2D eigenvalue weighted by atomic mass is 10.0. The van der Waals surface area contributed by atoms with E-state index >= 15 is 0 Å². The van der Waals surface area contributed by atoms with Crippen molar-refractivity contribution in [3.63, 3.8) is 0 Å². The topological polar surface area (TPSA) is 119 Å². The molecule has 0 saturated heterocycles. The van der Waals surface area contributed by atoms with Gasteiger partial charge in [-0.05, 0) is 42.0 Å². The number of halogens is 1. The summed E-state index contributed by atoms with van der Waals surface area (Å²) < 4.78 is 70.4. The van der Waals surface area contributed by atoms with Crippen molar-refractivity contribution < 1.29 is 25.6 Å². The minimum Gasteiger partial charge on any atom is -0.456 e. The zero-order valence-electron chi connectivity index (χ0n) is 16.4. The number of sulfonamides is 2. The lowest BCUT2D eigenvalue weighted by Gasteiger charge is -2.10. The number of primary sulfonamides is 1. The van der Waals surface area contributed by atoms with Crippen LogP contribution in [-0.4, -0.2) is 16.8 Å². The molecule has 3 N–H and O–H groups in total. The first-order chi connectivity index (χ1) is 15.1. The lowest BCUT2D eigenvalue weighted by Crippen LogP contribution is -2.19. The highest BCUT2D eigenvalue weighted by Crippen LogP contribution is 2.32. The Kier molecular flexibility index (Phi) is 5.59. The fraction of sp³-hybridized carbons (Fsp3) is 0. The van der Waals surface area contributed by atoms with Crippen LogP contribution in [0.3, 0.4) is 0 Å². The minimum absolute atomic E-state index is 0.484. The van der Waals surface area contributed by atoms with Gasteiger partial charge in [-0.3, -0.25) is 4.72 Å². The summed E-state index contributed by atoms with van der Waals surface area (Å²) in [5.41, 5.74) is 1.65. The highest BCUT2D eigenvalue weighted by Gasteiger charge is 2.22. The van der Waals surface area contributed by atoms with Crippen molar-refractivity contribution in [1.82, 2.24) is 0 Å². The third kappa shape index (κ3) is 4.57. The zero-order valence-corrected chi connectivity index (χ0v) is 18.0. The number of rotatable bonds is 6. The van der Waals surface area contributed by atoms with E-state index in [1.54, 1.807) is 30.3 Å². The Bertz CT molecular complexity index is 1510. The molecule has 0 saturated carbocycles. The second kappa shape index (κ2) is 8.23. The summed E-state index contributed by atoms with van der Waals surface area (Å²) >= 11 is 0. The Hall–Kier alpha value is -3.47. The van der Waals surface area contributed by atoms with Gasteiger partial charge in [-0.25, -0.2) is 26.4 Å². The van der Waals surface area contributed by atoms with E-state index in [0.29, 0.717) is 22.6 Å². The molecule has 1 aliphatic carbocycles. The van der Waals surface area contributed by atoms with Gasteiger partial charge in [0.05, 0.1) is 11.1 Å². The Labute approximate surface area is 184 Å². The van der Waals surface area contributed by atoms with Gasteiger partial charge < -0.3 is 4.42 Å². The number of nitrogens with two attached hydrogens (primary N) is 1. The van der Waals surface area contributed by atoms with Crippen molar-refractivity contribution in [3.8, 4) is 22.6 Å². The van der Waals surface area contributed by atoms with Crippen LogP contribution < -0.4 is 9.86 Å². The highest BCUT2D eigenvalue weighted by molar-refractivity contribution is 7.95. The average Bonchev–Trinajstić information content (AvgIpc) is 3.19. The molecular formula is C22H17FN2O5S2. The van der Waals surface area contributed by atoms with Crippen molar-refractivity contribution in [2.75, 3.05) is 4.72 Å². The smallest absolute Gasteiger partial charge is 0.255 e. The van der Waals surface area contributed by atoms with E-state index in [-0.39, 0.29) is 0 Å². The van der Waals surface area contributed by atoms with Crippen LogP contribution in [0.4, 0.5) is 10.1 Å². The number of hydrogen-bond donors (Lipinski definition) is 2. The highest BCUT2D eigenvalue weighted by atomic mass is 32.2. The monoisotopic (exact) mass is 472 g/mol. The molecule has 32 heavy (non-hydrogen) atoms. The van der Waals surface area contributed by atoms with Gasteiger partial charge in [-0.2, -0.15) is 0 Å². The molecule has 0 unspecified atom stereocenters. The summed E-state index contributed by atoms with van der Waals surface area (Å²) in [4.78, 5) is -0.931. The first kappa shape index (κ1) is 21.8. The van der Waals surface area contributed by atoms with Crippen molar-refractivity contribution >= 4 is 31.8 Å². The molecule has 0 radical (unpaired) electrons. The van der Waals surface area contributed by atoms with Crippen LogP contribution in [0, 0.1) is 5.82 Å². The lowest BCUT2D eigenvalue weighted by molar-refractivity contribution is 0.569. The molecule has 10 heteroatoms. The van der Waals surface area contributed by atoms with Crippen molar-refractivity contribution in [1.29, 1.82) is 0 Å². The number of anilines is 1. The Balaban J connectivity index is 1.68. The Morgan fingerprint density at radius 2 is 1.59 bits per heavy atom. The van der Waals surface area contributed by atoms with Crippen molar-refractivity contribution in [2.45, 2.75) is 4.90 Å². The maximum absolute atomic E-state index is 14.0. The van der Waals surface area contributed by atoms with Crippen LogP contribution in [0.1, 0.15) is 5.56 Å². The first-order valence-corrected chi connectivity index (χ1v) is 12.3. The van der Waals surface area contributed by atoms with Crippen LogP contribution in [0.15, 0.2) is 87.5 Å². The van der Waals surface area contributed by atoms with E-state index < -0.39 is 36.4 Å². The standard InChI is InChI=1S/C22H17FN2O5S2/c23-18-8-4-9-19(22(18)32(24,28)29)25-31(26,27)14-13-15-5-1-2-7-17(15)21-12-11-16-6-3-10-20(16)30-21/h1-14,25H,(H2,24,28,29). The van der Waals surface area contributed by atoms with Gasteiger partial charge in [-0.15, -0.1) is 0 Å². The molecule has 1 heterocycles. The third-order valence-electron chi connectivity index (χ3n) is 4.60. The second-order valence-electron chi connectivity index (χ2n) is 6.84. The molecule has 2 aromatic carbocycles. The van der Waals surface area contributed by atoms with E-state index in [1.807, 2.05) is 29.0 Å². The van der Waals surface area contributed by atoms with E-state index in [4.69, 9.17) is 9.56 Å². The van der Waals surface area contributed by atoms with Crippen LogP contribution in [0.2, 0.25) is 0 Å². The first-order valence-electron chi connectivity index (χ1n) is 9.24. The van der Waals surface area contributed by atoms with Gasteiger partial charge in [0, 0.05) is 11.1 Å². The predicted molar refractivity (Wildman–Crippen MR) is 120 cm³/mol. The largest absolute Gasteiger partial charge is 0.456 e. The number of hydrogen-bond acceptors (Lipinski definition) is 5. The molecule has 2 aromatic rings. The zero-order chi connectivity index (χ0) is 22.9. The molecule has 0 spiro atoms. The fourth-order valence-electron chi connectivity index (χ4n) is 3.21. The molecule has 1 aliphatic heterocycles. The molecule has 0 amide bonds. The summed E-state index contributed by atoms with van der Waals surface area (Å²) in [6.07, 6.45) is 1.33. The van der Waals surface area contributed by atoms with Crippen LogP contribution in [0.25, 0.3) is 28.7 Å². The number of nitrogens with one attached hydrogen (secondary N) is 1. The number of benzene rings is 2. The SMILES string of the molecule is NS(=O)(=O)c1c(F)cccc1NS(=O)(=O)C=Cc1ccccc1-c1ccc2cccc-2o1. The molecule has 0 fully saturated rings. The summed E-state index contributed by atoms with van der Waals surface area (Å²) in [6, 6.07) is 19.4. The third-order valence-corrected chi connectivity index (χ3v) is 6.58. The maximum atomic E-state index is 14.0. The second-order valence-corrected chi connectivity index (χ2v) is 9.91. The van der Waals surface area contributed by atoms with Gasteiger partial charge >= 0.3 is 0 Å². The van der Waals surface area contributed by atoms with Crippen LogP contribution in [0.5, 0.6) is 0 Å². The fourth-order valence-corrected chi connectivity index (χ4v) is 4.91. The molecule has 4 rings (SSSR count). The summed E-state index contributed by atoms with van der Waals surface area (Å²) in [5.74, 6) is 0.0692. The van der Waals surface area contributed by atoms with Crippen LogP contribution in [-0.2, 0) is 20.0 Å². The van der Waals surface area contributed by atoms with E-state index in [0.717, 1.165) is 23.1 Å². The summed E-state index contributed by atoms with van der Waals surface area (Å²) in [6.45, 7) is 0. The average molecular weight is 473 g/mol. The molecule has 0 atom stereocenters. The molecule has 164 valence electrons. The van der Waals surface area contributed by atoms with Gasteiger partial charge in [0.25, 0.3) is 10.0 Å². The van der Waals surface area contributed by atoms with Gasteiger partial charge in [0.2, 0.25) is 10.0 Å². The normalized spacial score (nSPS) is 12.4. The van der Waals surface area contributed by atoms with Crippen molar-refractivity contribution in [2.24, 2.45) is 5.14 Å². The summed E-state index contributed by atoms with van der Waals surface area (Å²) in [7, 11) is -8.70.